The molecule has 2 aliphatic rings. The molecule has 0 amide bonds. The number of allylic oxidation sites excluding steroid dienone is 5. The van der Waals surface area contributed by atoms with E-state index in [0.717, 1.165) is 28.7 Å². The second-order valence-corrected chi connectivity index (χ2v) is 7.69. The van der Waals surface area contributed by atoms with E-state index in [1.807, 2.05) is 30.4 Å². The predicted octanol–water partition coefficient (Wildman–Crippen LogP) is 4.21. The van der Waals surface area contributed by atoms with E-state index in [4.69, 9.17) is 0 Å². The van der Waals surface area contributed by atoms with Crippen LogP contribution in [0.1, 0.15) is 28.7 Å². The zero-order valence-electron chi connectivity index (χ0n) is 16.0. The highest BCUT2D eigenvalue weighted by molar-refractivity contribution is 6.58. The Bertz CT molecular complexity index is 1190. The van der Waals surface area contributed by atoms with Crippen LogP contribution in [0, 0.1) is 0 Å². The normalized spacial score (nSPS) is 21.4. The minimum Gasteiger partial charge on any atom is -0.423 e. The van der Waals surface area contributed by atoms with E-state index in [1.54, 1.807) is 6.07 Å². The van der Waals surface area contributed by atoms with Crippen molar-refractivity contribution in [3.05, 3.63) is 120 Å². The van der Waals surface area contributed by atoms with Gasteiger partial charge in [-0.1, -0.05) is 97.6 Å². The molecule has 3 aromatic rings. The van der Waals surface area contributed by atoms with Crippen molar-refractivity contribution in [2.75, 3.05) is 0 Å². The zero-order chi connectivity index (χ0) is 20.0. The Morgan fingerprint density at radius 2 is 1.41 bits per heavy atom. The molecule has 0 saturated heterocycles. The van der Waals surface area contributed by atoms with Crippen LogP contribution in [0.2, 0.25) is 0 Å². The molecule has 1 spiro atoms. The van der Waals surface area contributed by atoms with Crippen LogP contribution in [0.5, 0.6) is 0 Å². The largest absolute Gasteiger partial charge is 0.488 e. The van der Waals surface area contributed by atoms with Crippen molar-refractivity contribution < 1.29 is 10.0 Å². The first-order chi connectivity index (χ1) is 14.1. The average Bonchev–Trinajstić information content (AvgIpc) is 3.06. The number of hydrogen-bond acceptors (Lipinski definition) is 2. The van der Waals surface area contributed by atoms with E-state index in [1.165, 1.54) is 16.7 Å². The predicted molar refractivity (Wildman–Crippen MR) is 120 cm³/mol. The van der Waals surface area contributed by atoms with Gasteiger partial charge in [0.2, 0.25) is 0 Å². The molecule has 0 aromatic heterocycles. The summed E-state index contributed by atoms with van der Waals surface area (Å²) in [6, 6.07) is 22.7. The van der Waals surface area contributed by atoms with Gasteiger partial charge in [-0.2, -0.15) is 0 Å². The molecule has 1 unspecified atom stereocenters. The summed E-state index contributed by atoms with van der Waals surface area (Å²) in [4.78, 5) is 0. The van der Waals surface area contributed by atoms with Crippen LogP contribution >= 0.6 is 0 Å². The smallest absolute Gasteiger partial charge is 0.423 e. The van der Waals surface area contributed by atoms with Crippen molar-refractivity contribution in [3.8, 4) is 11.1 Å². The summed E-state index contributed by atoms with van der Waals surface area (Å²) in [7, 11) is -1.50. The van der Waals surface area contributed by atoms with Crippen LogP contribution in [0.3, 0.4) is 0 Å². The third kappa shape index (κ3) is 2.59. The van der Waals surface area contributed by atoms with E-state index in [-0.39, 0.29) is 0 Å². The monoisotopic (exact) mass is 376 g/mol. The second-order valence-electron chi connectivity index (χ2n) is 7.69. The second kappa shape index (κ2) is 6.73. The van der Waals surface area contributed by atoms with E-state index >= 15 is 0 Å². The highest BCUT2D eigenvalue weighted by atomic mass is 16.4. The Kier molecular flexibility index (Phi) is 4.16. The molecule has 0 saturated carbocycles. The number of benzene rings is 3. The van der Waals surface area contributed by atoms with Gasteiger partial charge in [0.05, 0.1) is 5.41 Å². The summed E-state index contributed by atoms with van der Waals surface area (Å²) in [6.45, 7) is 4.31. The fourth-order valence-electron chi connectivity index (χ4n) is 4.89. The summed E-state index contributed by atoms with van der Waals surface area (Å²) in [5.74, 6) is 0. The van der Waals surface area contributed by atoms with Crippen LogP contribution in [0.4, 0.5) is 0 Å². The first kappa shape index (κ1) is 17.9. The minimum absolute atomic E-state index is 0.418. The molecule has 3 aromatic carbocycles. The van der Waals surface area contributed by atoms with Gasteiger partial charge in [-0.15, -0.1) is 0 Å². The van der Waals surface area contributed by atoms with E-state index in [9.17, 15) is 10.0 Å². The first-order valence-corrected chi connectivity index (χ1v) is 9.85. The average molecular weight is 376 g/mol. The molecule has 2 N–H and O–H groups in total. The van der Waals surface area contributed by atoms with Gasteiger partial charge >= 0.3 is 7.12 Å². The Hall–Kier alpha value is -3.14. The Balaban J connectivity index is 1.92. The Morgan fingerprint density at radius 3 is 2.17 bits per heavy atom. The third-order valence-corrected chi connectivity index (χ3v) is 6.18. The molecule has 1 atom stereocenters. The summed E-state index contributed by atoms with van der Waals surface area (Å²) in [5, 5.41) is 19.7. The molecule has 29 heavy (non-hydrogen) atoms. The third-order valence-electron chi connectivity index (χ3n) is 6.18. The van der Waals surface area contributed by atoms with E-state index in [0.29, 0.717) is 5.46 Å². The maximum absolute atomic E-state index is 9.86. The molecule has 3 heteroatoms. The van der Waals surface area contributed by atoms with Crippen molar-refractivity contribution >= 4 is 18.2 Å². The van der Waals surface area contributed by atoms with Crippen molar-refractivity contribution in [3.63, 3.8) is 0 Å². The summed E-state index contributed by atoms with van der Waals surface area (Å²) >= 11 is 0. The van der Waals surface area contributed by atoms with Gasteiger partial charge in [-0.05, 0) is 50.8 Å². The molecule has 5 rings (SSSR count). The van der Waals surface area contributed by atoms with Crippen molar-refractivity contribution in [1.82, 2.24) is 0 Å². The van der Waals surface area contributed by atoms with E-state index < -0.39 is 12.5 Å². The number of rotatable bonds is 1. The minimum atomic E-state index is -1.50. The quantitative estimate of drug-likeness (QED) is 0.625. The lowest BCUT2D eigenvalue weighted by Gasteiger charge is -2.34. The maximum Gasteiger partial charge on any atom is 0.488 e. The van der Waals surface area contributed by atoms with Gasteiger partial charge in [-0.25, -0.2) is 0 Å². The highest BCUT2D eigenvalue weighted by Crippen LogP contribution is 2.55. The number of fused-ring (bicyclic) bond motifs is 7. The topological polar surface area (TPSA) is 40.5 Å². The molecule has 0 radical (unpaired) electrons. The van der Waals surface area contributed by atoms with Crippen LogP contribution in [-0.2, 0) is 5.41 Å². The standard InChI is InChI=1S/C26H21BO2/c1-18-9-3-2-8-16-26(23-12-6-4-10-20(18)23)24-13-7-5-11-21(24)22-15-14-19(27(28)29)17-25(22)26/h2-15,17,28-29H,1,16H2/b8-2-,9-3-. The maximum atomic E-state index is 9.86. The molecular formula is C26H21BO2. The van der Waals surface area contributed by atoms with Gasteiger partial charge in [0, 0.05) is 0 Å². The molecule has 0 fully saturated rings. The van der Waals surface area contributed by atoms with Gasteiger partial charge in [0.1, 0.15) is 0 Å². The van der Waals surface area contributed by atoms with Crippen LogP contribution in [0.25, 0.3) is 16.7 Å². The van der Waals surface area contributed by atoms with E-state index in [2.05, 4.69) is 61.2 Å². The summed E-state index contributed by atoms with van der Waals surface area (Å²) < 4.78 is 0. The van der Waals surface area contributed by atoms with Crippen molar-refractivity contribution in [2.24, 2.45) is 0 Å². The fraction of sp³-hybridized carbons (Fsp3) is 0.0769. The molecule has 0 aliphatic heterocycles. The molecular weight excluding hydrogens is 355 g/mol. The molecule has 2 aliphatic carbocycles. The SMILES string of the molecule is C=C1/C=C\C=C/CC2(c3ccccc31)c1ccccc1-c1ccc(B(O)O)cc12. The van der Waals surface area contributed by atoms with Crippen molar-refractivity contribution in [2.45, 2.75) is 11.8 Å². The fourth-order valence-corrected chi connectivity index (χ4v) is 4.89. The van der Waals surface area contributed by atoms with Crippen LogP contribution in [0.15, 0.2) is 97.6 Å². The zero-order valence-corrected chi connectivity index (χ0v) is 16.0. The summed E-state index contributed by atoms with van der Waals surface area (Å²) in [6.07, 6.45) is 9.12. The molecule has 140 valence electrons. The Morgan fingerprint density at radius 1 is 0.759 bits per heavy atom. The van der Waals surface area contributed by atoms with Crippen LogP contribution in [-0.4, -0.2) is 17.2 Å². The van der Waals surface area contributed by atoms with Crippen molar-refractivity contribution in [1.29, 1.82) is 0 Å². The highest BCUT2D eigenvalue weighted by Gasteiger charge is 2.45. The van der Waals surface area contributed by atoms with Gasteiger partial charge in [0.25, 0.3) is 0 Å². The lowest BCUT2D eigenvalue weighted by Crippen LogP contribution is -2.33. The Labute approximate surface area is 171 Å². The first-order valence-electron chi connectivity index (χ1n) is 9.85. The lowest BCUT2D eigenvalue weighted by molar-refractivity contribution is 0.425. The van der Waals surface area contributed by atoms with Gasteiger partial charge < -0.3 is 10.0 Å². The van der Waals surface area contributed by atoms with Crippen LogP contribution < -0.4 is 5.46 Å². The molecule has 2 nitrogen and oxygen atoms in total. The van der Waals surface area contributed by atoms with Gasteiger partial charge in [-0.3, -0.25) is 0 Å². The molecule has 0 heterocycles. The lowest BCUT2D eigenvalue weighted by atomic mass is 9.66. The van der Waals surface area contributed by atoms with Gasteiger partial charge in [0.15, 0.2) is 0 Å². The molecule has 0 bridgehead atoms. The number of hydrogen-bond donors (Lipinski definition) is 2. The summed E-state index contributed by atoms with van der Waals surface area (Å²) in [5.41, 5.74) is 8.06.